The zero-order valence-electron chi connectivity index (χ0n) is 11.4. The highest BCUT2D eigenvalue weighted by Gasteiger charge is 2.15. The van der Waals surface area contributed by atoms with Gasteiger partial charge < -0.3 is 11.1 Å². The lowest BCUT2D eigenvalue weighted by molar-refractivity contribution is -0.117. The molecule has 1 aromatic heterocycles. The monoisotopic (exact) mass is 331 g/mol. The maximum atomic E-state index is 11.9. The van der Waals surface area contributed by atoms with Crippen LogP contribution in [0.3, 0.4) is 0 Å². The average Bonchev–Trinajstić information content (AvgIpc) is 2.79. The maximum absolute atomic E-state index is 11.9. The number of hydrogen-bond donors (Lipinski definition) is 2. The molecule has 1 heterocycles. The van der Waals surface area contributed by atoms with E-state index in [2.05, 4.69) is 10.3 Å². The molecule has 0 radical (unpaired) electrons. The second-order valence-electron chi connectivity index (χ2n) is 4.32. The summed E-state index contributed by atoms with van der Waals surface area (Å²) in [4.78, 5) is 16.3. The standard InChI is InChI=1S/C13H17N3OS2.ClH/c1-8-4-3-5-10-11(8)15-13(19-10)16-12(17)9(14)6-7-18-2;/h3-5,9H,6-7,14H2,1-2H3,(H,15,16,17);1H. The SMILES string of the molecule is CSCCC(N)C(=O)Nc1nc2c(C)cccc2s1.Cl. The number of benzene rings is 1. The summed E-state index contributed by atoms with van der Waals surface area (Å²) < 4.78 is 1.08. The molecule has 0 saturated heterocycles. The van der Waals surface area contributed by atoms with E-state index in [0.717, 1.165) is 21.5 Å². The molecule has 1 unspecified atom stereocenters. The Morgan fingerprint density at radius 3 is 2.95 bits per heavy atom. The number of nitrogens with zero attached hydrogens (tertiary/aromatic N) is 1. The zero-order valence-corrected chi connectivity index (χ0v) is 13.8. The number of para-hydroxylation sites is 1. The Morgan fingerprint density at radius 1 is 1.55 bits per heavy atom. The van der Waals surface area contributed by atoms with Gasteiger partial charge in [0.2, 0.25) is 5.91 Å². The van der Waals surface area contributed by atoms with E-state index < -0.39 is 6.04 Å². The van der Waals surface area contributed by atoms with E-state index in [4.69, 9.17) is 5.73 Å². The van der Waals surface area contributed by atoms with Crippen molar-refractivity contribution < 1.29 is 4.79 Å². The molecule has 0 saturated carbocycles. The summed E-state index contributed by atoms with van der Waals surface area (Å²) >= 11 is 3.16. The van der Waals surface area contributed by atoms with Crippen LogP contribution in [0.25, 0.3) is 10.2 Å². The molecule has 0 aliphatic heterocycles. The molecule has 7 heteroatoms. The summed E-state index contributed by atoms with van der Waals surface area (Å²) in [6, 6.07) is 5.54. The number of nitrogens with one attached hydrogen (secondary N) is 1. The molecule has 1 aromatic carbocycles. The van der Waals surface area contributed by atoms with Gasteiger partial charge in [-0.1, -0.05) is 23.5 Å². The molecule has 0 spiro atoms. The van der Waals surface area contributed by atoms with Crippen molar-refractivity contribution in [3.8, 4) is 0 Å². The van der Waals surface area contributed by atoms with Crippen LogP contribution in [0, 0.1) is 6.92 Å². The van der Waals surface area contributed by atoms with Crippen LogP contribution >= 0.6 is 35.5 Å². The van der Waals surface area contributed by atoms with Crippen LogP contribution in [0.15, 0.2) is 18.2 Å². The van der Waals surface area contributed by atoms with Crippen molar-refractivity contribution in [1.29, 1.82) is 0 Å². The van der Waals surface area contributed by atoms with Gasteiger partial charge >= 0.3 is 0 Å². The molecule has 2 aromatic rings. The van der Waals surface area contributed by atoms with E-state index in [0.29, 0.717) is 11.6 Å². The molecule has 0 aliphatic rings. The van der Waals surface area contributed by atoms with Gasteiger partial charge in [-0.25, -0.2) is 4.98 Å². The molecule has 1 atom stereocenters. The van der Waals surface area contributed by atoms with Crippen LogP contribution in [0.4, 0.5) is 5.13 Å². The number of halogens is 1. The van der Waals surface area contributed by atoms with Crippen LogP contribution in [0.5, 0.6) is 0 Å². The molecule has 0 aliphatic carbocycles. The normalized spacial score (nSPS) is 11.9. The predicted octanol–water partition coefficient (Wildman–Crippen LogP) is 3.05. The van der Waals surface area contributed by atoms with Gasteiger partial charge in [0.25, 0.3) is 0 Å². The summed E-state index contributed by atoms with van der Waals surface area (Å²) in [6.07, 6.45) is 2.68. The molecule has 20 heavy (non-hydrogen) atoms. The van der Waals surface area contributed by atoms with Crippen LogP contribution in [-0.2, 0) is 4.79 Å². The first-order valence-corrected chi connectivity index (χ1v) is 8.24. The fourth-order valence-electron chi connectivity index (χ4n) is 1.71. The van der Waals surface area contributed by atoms with E-state index in [9.17, 15) is 4.79 Å². The maximum Gasteiger partial charge on any atom is 0.243 e. The lowest BCUT2D eigenvalue weighted by atomic mass is 10.2. The molecule has 2 rings (SSSR count). The van der Waals surface area contributed by atoms with E-state index in [1.165, 1.54) is 11.3 Å². The first-order chi connectivity index (χ1) is 9.11. The van der Waals surface area contributed by atoms with Gasteiger partial charge in [0.15, 0.2) is 5.13 Å². The first kappa shape index (κ1) is 17.2. The third-order valence-electron chi connectivity index (χ3n) is 2.82. The van der Waals surface area contributed by atoms with E-state index in [-0.39, 0.29) is 18.3 Å². The number of fused-ring (bicyclic) bond motifs is 1. The fourth-order valence-corrected chi connectivity index (χ4v) is 3.15. The second kappa shape index (κ2) is 7.83. The Bertz CT molecular complexity index is 588. The minimum atomic E-state index is -0.472. The molecule has 0 bridgehead atoms. The highest BCUT2D eigenvalue weighted by Crippen LogP contribution is 2.27. The number of carbonyl (C=O) groups excluding carboxylic acids is 1. The van der Waals surface area contributed by atoms with E-state index in [1.807, 2.05) is 31.4 Å². The number of anilines is 1. The Kier molecular flexibility index (Phi) is 6.75. The van der Waals surface area contributed by atoms with Crippen molar-refractivity contribution in [2.45, 2.75) is 19.4 Å². The van der Waals surface area contributed by atoms with E-state index in [1.54, 1.807) is 11.8 Å². The van der Waals surface area contributed by atoms with E-state index >= 15 is 0 Å². The number of carbonyl (C=O) groups is 1. The van der Waals surface area contributed by atoms with Gasteiger partial charge in [0, 0.05) is 0 Å². The van der Waals surface area contributed by atoms with Crippen molar-refractivity contribution in [3.05, 3.63) is 23.8 Å². The largest absolute Gasteiger partial charge is 0.320 e. The lowest BCUT2D eigenvalue weighted by Crippen LogP contribution is -2.36. The lowest BCUT2D eigenvalue weighted by Gasteiger charge is -2.09. The Labute approximate surface area is 132 Å². The van der Waals surface area contributed by atoms with Crippen LogP contribution in [-0.4, -0.2) is 28.9 Å². The summed E-state index contributed by atoms with van der Waals surface area (Å²) in [5.41, 5.74) is 7.88. The van der Waals surface area contributed by atoms with Crippen LogP contribution in [0.1, 0.15) is 12.0 Å². The van der Waals surface area contributed by atoms with Gasteiger partial charge in [-0.05, 0) is 37.0 Å². The van der Waals surface area contributed by atoms with Crippen molar-refractivity contribution in [2.75, 3.05) is 17.3 Å². The highest BCUT2D eigenvalue weighted by molar-refractivity contribution is 7.98. The number of nitrogens with two attached hydrogens (primary N) is 1. The number of rotatable bonds is 5. The second-order valence-corrected chi connectivity index (χ2v) is 6.33. The molecular formula is C13H18ClN3OS2. The number of hydrogen-bond acceptors (Lipinski definition) is 5. The van der Waals surface area contributed by atoms with Crippen molar-refractivity contribution >= 4 is 56.8 Å². The smallest absolute Gasteiger partial charge is 0.243 e. The van der Waals surface area contributed by atoms with Crippen molar-refractivity contribution in [2.24, 2.45) is 5.73 Å². The van der Waals surface area contributed by atoms with Gasteiger partial charge in [0.05, 0.1) is 16.3 Å². The predicted molar refractivity (Wildman–Crippen MR) is 91.2 cm³/mol. The minimum absolute atomic E-state index is 0. The van der Waals surface area contributed by atoms with Crippen LogP contribution < -0.4 is 11.1 Å². The van der Waals surface area contributed by atoms with Crippen molar-refractivity contribution in [1.82, 2.24) is 4.98 Å². The topological polar surface area (TPSA) is 68.0 Å². The molecule has 3 N–H and O–H groups in total. The Hall–Kier alpha value is -0.820. The van der Waals surface area contributed by atoms with Crippen LogP contribution in [0.2, 0.25) is 0 Å². The Morgan fingerprint density at radius 2 is 2.30 bits per heavy atom. The molecule has 1 amide bonds. The number of thioether (sulfide) groups is 1. The Balaban J connectivity index is 0.00000200. The summed E-state index contributed by atoms with van der Waals surface area (Å²) in [5, 5.41) is 3.42. The number of aryl methyl sites for hydroxylation is 1. The fraction of sp³-hybridized carbons (Fsp3) is 0.385. The van der Waals surface area contributed by atoms with Gasteiger partial charge in [-0.2, -0.15) is 11.8 Å². The quantitative estimate of drug-likeness (QED) is 0.883. The van der Waals surface area contributed by atoms with Gasteiger partial charge in [-0.3, -0.25) is 4.79 Å². The molecule has 4 nitrogen and oxygen atoms in total. The third-order valence-corrected chi connectivity index (χ3v) is 4.40. The van der Waals surface area contributed by atoms with Gasteiger partial charge in [0.1, 0.15) is 0 Å². The molecule has 110 valence electrons. The summed E-state index contributed by atoms with van der Waals surface area (Å²) in [6.45, 7) is 2.01. The zero-order chi connectivity index (χ0) is 13.8. The number of aromatic nitrogens is 1. The number of amides is 1. The first-order valence-electron chi connectivity index (χ1n) is 6.03. The highest BCUT2D eigenvalue weighted by atomic mass is 35.5. The average molecular weight is 332 g/mol. The summed E-state index contributed by atoms with van der Waals surface area (Å²) in [7, 11) is 0. The van der Waals surface area contributed by atoms with Crippen molar-refractivity contribution in [3.63, 3.8) is 0 Å². The third kappa shape index (κ3) is 4.09. The molecule has 0 fully saturated rings. The minimum Gasteiger partial charge on any atom is -0.320 e. The number of thiazole rings is 1. The molecular weight excluding hydrogens is 314 g/mol. The van der Waals surface area contributed by atoms with Gasteiger partial charge in [-0.15, -0.1) is 12.4 Å². The summed E-state index contributed by atoms with van der Waals surface area (Å²) in [5.74, 6) is 0.721.